The lowest BCUT2D eigenvalue weighted by Gasteiger charge is -2.15. The summed E-state index contributed by atoms with van der Waals surface area (Å²) < 4.78 is 1.86. The average Bonchev–Trinajstić information content (AvgIpc) is 2.91. The highest BCUT2D eigenvalue weighted by Crippen LogP contribution is 2.23. The number of benzene rings is 2. The van der Waals surface area contributed by atoms with Crippen molar-refractivity contribution in [2.24, 2.45) is 12.8 Å². The highest BCUT2D eigenvalue weighted by atomic mass is 35.5. The highest BCUT2D eigenvalue weighted by molar-refractivity contribution is 6.31. The van der Waals surface area contributed by atoms with Gasteiger partial charge in [0.15, 0.2) is 0 Å². The van der Waals surface area contributed by atoms with Gasteiger partial charge in [-0.25, -0.2) is 0 Å². The first-order valence-corrected chi connectivity index (χ1v) is 8.22. The Morgan fingerprint density at radius 1 is 1.21 bits per heavy atom. The third-order valence-corrected chi connectivity index (χ3v) is 4.54. The molecule has 0 fully saturated rings. The van der Waals surface area contributed by atoms with E-state index in [1.54, 1.807) is 0 Å². The lowest BCUT2D eigenvalue weighted by atomic mass is 10.1. The van der Waals surface area contributed by atoms with E-state index < -0.39 is 0 Å². The topological polar surface area (TPSA) is 60.0 Å². The standard InChI is InChI=1S/C19H20ClN3O/c1-12(14-5-3-13(11-21)4-6-14)22-19(24)18-9-15-7-8-16(20)10-17(15)23(18)2/h3-10,12H,11,21H2,1-2H3,(H,22,24)/t12-/m0/s1. The van der Waals surface area contributed by atoms with Crippen molar-refractivity contribution < 1.29 is 4.79 Å². The molecule has 3 aromatic rings. The fourth-order valence-corrected chi connectivity index (χ4v) is 2.98. The van der Waals surface area contributed by atoms with Gasteiger partial charge in [0, 0.05) is 29.5 Å². The number of aryl methyl sites for hydroxylation is 1. The van der Waals surface area contributed by atoms with Gasteiger partial charge in [-0.1, -0.05) is 41.9 Å². The summed E-state index contributed by atoms with van der Waals surface area (Å²) in [6.45, 7) is 2.48. The zero-order valence-electron chi connectivity index (χ0n) is 13.7. The first-order valence-electron chi connectivity index (χ1n) is 7.84. The number of amides is 1. The zero-order chi connectivity index (χ0) is 17.3. The Balaban J connectivity index is 1.82. The average molecular weight is 342 g/mol. The number of nitrogens with zero attached hydrogens (tertiary/aromatic N) is 1. The molecule has 0 aliphatic heterocycles. The van der Waals surface area contributed by atoms with Crippen molar-refractivity contribution in [3.05, 3.63) is 70.4 Å². The van der Waals surface area contributed by atoms with Gasteiger partial charge >= 0.3 is 0 Å². The molecule has 0 radical (unpaired) electrons. The maximum atomic E-state index is 12.6. The molecule has 0 saturated carbocycles. The van der Waals surface area contributed by atoms with Crippen LogP contribution in [0.2, 0.25) is 5.02 Å². The second kappa shape index (κ2) is 6.67. The molecule has 124 valence electrons. The van der Waals surface area contributed by atoms with E-state index in [4.69, 9.17) is 17.3 Å². The second-order valence-electron chi connectivity index (χ2n) is 5.93. The number of carbonyl (C=O) groups excluding carboxylic acids is 1. The van der Waals surface area contributed by atoms with Crippen LogP contribution in [0.15, 0.2) is 48.5 Å². The third-order valence-electron chi connectivity index (χ3n) is 4.30. The molecular weight excluding hydrogens is 322 g/mol. The second-order valence-corrected chi connectivity index (χ2v) is 6.37. The van der Waals surface area contributed by atoms with E-state index in [2.05, 4.69) is 5.32 Å². The number of hydrogen-bond donors (Lipinski definition) is 2. The van der Waals surface area contributed by atoms with Crippen LogP contribution in [0.25, 0.3) is 10.9 Å². The summed E-state index contributed by atoms with van der Waals surface area (Å²) in [7, 11) is 1.87. The normalized spacial score (nSPS) is 12.3. The van der Waals surface area contributed by atoms with Gasteiger partial charge in [0.05, 0.1) is 6.04 Å². The first kappa shape index (κ1) is 16.6. The molecule has 0 bridgehead atoms. The van der Waals surface area contributed by atoms with E-state index in [9.17, 15) is 4.79 Å². The van der Waals surface area contributed by atoms with E-state index >= 15 is 0 Å². The quantitative estimate of drug-likeness (QED) is 0.758. The SMILES string of the molecule is C[C@H](NC(=O)c1cc2ccc(Cl)cc2n1C)c1ccc(CN)cc1. The predicted octanol–water partition coefficient (Wildman–Crippen LogP) is 3.78. The maximum Gasteiger partial charge on any atom is 0.268 e. The fraction of sp³-hybridized carbons (Fsp3) is 0.211. The Hall–Kier alpha value is -2.30. The fourth-order valence-electron chi connectivity index (χ4n) is 2.82. The molecule has 0 spiro atoms. The number of rotatable bonds is 4. The molecule has 1 amide bonds. The van der Waals surface area contributed by atoms with Crippen LogP contribution in [-0.4, -0.2) is 10.5 Å². The summed E-state index contributed by atoms with van der Waals surface area (Å²) in [4.78, 5) is 12.6. The molecule has 3 rings (SSSR count). The number of nitrogens with two attached hydrogens (primary N) is 1. The Labute approximate surface area is 146 Å². The maximum absolute atomic E-state index is 12.6. The van der Waals surface area contributed by atoms with Crippen LogP contribution in [0.3, 0.4) is 0 Å². The number of carbonyl (C=O) groups is 1. The van der Waals surface area contributed by atoms with Gasteiger partial charge in [0.25, 0.3) is 5.91 Å². The molecule has 5 heteroatoms. The van der Waals surface area contributed by atoms with Crippen molar-refractivity contribution in [3.8, 4) is 0 Å². The minimum atomic E-state index is -0.111. The van der Waals surface area contributed by atoms with Crippen LogP contribution >= 0.6 is 11.6 Å². The van der Waals surface area contributed by atoms with Crippen molar-refractivity contribution in [3.63, 3.8) is 0 Å². The smallest absolute Gasteiger partial charge is 0.268 e. The van der Waals surface area contributed by atoms with Gasteiger partial charge in [-0.2, -0.15) is 0 Å². The molecule has 3 N–H and O–H groups in total. The summed E-state index contributed by atoms with van der Waals surface area (Å²) >= 11 is 6.05. The Kier molecular flexibility index (Phi) is 4.60. The Morgan fingerprint density at radius 3 is 2.58 bits per heavy atom. The largest absolute Gasteiger partial charge is 0.344 e. The Morgan fingerprint density at radius 2 is 1.92 bits per heavy atom. The van der Waals surface area contributed by atoms with Crippen LogP contribution in [0, 0.1) is 0 Å². The van der Waals surface area contributed by atoms with Gasteiger partial charge in [-0.15, -0.1) is 0 Å². The number of fused-ring (bicyclic) bond motifs is 1. The number of hydrogen-bond acceptors (Lipinski definition) is 2. The van der Waals surface area contributed by atoms with Crippen molar-refractivity contribution in [2.45, 2.75) is 19.5 Å². The summed E-state index contributed by atoms with van der Waals surface area (Å²) in [5.41, 5.74) is 9.28. The van der Waals surface area contributed by atoms with Crippen LogP contribution in [0.1, 0.15) is 34.6 Å². The number of halogens is 1. The van der Waals surface area contributed by atoms with E-state index in [0.29, 0.717) is 17.3 Å². The van der Waals surface area contributed by atoms with Crippen LogP contribution in [0.5, 0.6) is 0 Å². The lowest BCUT2D eigenvalue weighted by molar-refractivity contribution is 0.0932. The molecule has 0 aliphatic carbocycles. The number of aromatic nitrogens is 1. The van der Waals surface area contributed by atoms with Crippen LogP contribution < -0.4 is 11.1 Å². The van der Waals surface area contributed by atoms with E-state index in [-0.39, 0.29) is 11.9 Å². The van der Waals surface area contributed by atoms with Gasteiger partial charge < -0.3 is 15.6 Å². The third kappa shape index (κ3) is 3.16. The highest BCUT2D eigenvalue weighted by Gasteiger charge is 2.16. The number of nitrogens with one attached hydrogen (secondary N) is 1. The van der Waals surface area contributed by atoms with Crippen molar-refractivity contribution in [1.82, 2.24) is 9.88 Å². The van der Waals surface area contributed by atoms with E-state index in [1.165, 1.54) is 0 Å². The molecule has 4 nitrogen and oxygen atoms in total. The molecule has 0 aliphatic rings. The van der Waals surface area contributed by atoms with Crippen molar-refractivity contribution in [2.75, 3.05) is 0 Å². The van der Waals surface area contributed by atoms with Gasteiger partial charge in [0.2, 0.25) is 0 Å². The summed E-state index contributed by atoms with van der Waals surface area (Å²) in [5.74, 6) is -0.111. The van der Waals surface area contributed by atoms with Crippen LogP contribution in [-0.2, 0) is 13.6 Å². The van der Waals surface area contributed by atoms with Gasteiger partial charge in [-0.3, -0.25) is 4.79 Å². The summed E-state index contributed by atoms with van der Waals surface area (Å²) in [6.07, 6.45) is 0. The zero-order valence-corrected chi connectivity index (χ0v) is 14.5. The Bertz CT molecular complexity index is 884. The monoisotopic (exact) mass is 341 g/mol. The first-order chi connectivity index (χ1) is 11.5. The summed E-state index contributed by atoms with van der Waals surface area (Å²) in [5, 5.41) is 4.69. The predicted molar refractivity (Wildman–Crippen MR) is 98.1 cm³/mol. The van der Waals surface area contributed by atoms with Gasteiger partial charge in [-0.05, 0) is 36.2 Å². The minimum Gasteiger partial charge on any atom is -0.344 e. The molecule has 0 saturated heterocycles. The minimum absolute atomic E-state index is 0.0917. The molecule has 1 heterocycles. The van der Waals surface area contributed by atoms with E-state index in [1.807, 2.05) is 67.1 Å². The molecule has 2 aromatic carbocycles. The lowest BCUT2D eigenvalue weighted by Crippen LogP contribution is -2.28. The molecule has 1 atom stereocenters. The van der Waals surface area contributed by atoms with Crippen molar-refractivity contribution in [1.29, 1.82) is 0 Å². The molecule has 0 unspecified atom stereocenters. The van der Waals surface area contributed by atoms with Crippen LogP contribution in [0.4, 0.5) is 0 Å². The summed E-state index contributed by atoms with van der Waals surface area (Å²) in [6, 6.07) is 15.4. The van der Waals surface area contributed by atoms with Crippen molar-refractivity contribution >= 4 is 28.4 Å². The molecule has 1 aromatic heterocycles. The van der Waals surface area contributed by atoms with Gasteiger partial charge in [0.1, 0.15) is 5.69 Å². The molecular formula is C19H20ClN3O. The molecule has 24 heavy (non-hydrogen) atoms. The van der Waals surface area contributed by atoms with E-state index in [0.717, 1.165) is 22.0 Å².